The van der Waals surface area contributed by atoms with Crippen molar-refractivity contribution in [1.29, 1.82) is 0 Å². The number of aromatic carboxylic acids is 1. The minimum Gasteiger partial charge on any atom is -0.477 e. The molecule has 0 atom stereocenters. The number of aromatic nitrogens is 1. The van der Waals surface area contributed by atoms with Crippen LogP contribution in [0.25, 0.3) is 0 Å². The Kier molecular flexibility index (Phi) is 3.19. The first-order valence-corrected chi connectivity index (χ1v) is 4.48. The smallest absolute Gasteiger partial charge is 0.354 e. The minimum atomic E-state index is -2.75. The number of alkyl halides is 2. The Bertz CT molecular complexity index is 361. The summed E-state index contributed by atoms with van der Waals surface area (Å²) in [5.41, 5.74) is 4.26. The molecule has 0 aliphatic carbocycles. The summed E-state index contributed by atoms with van der Waals surface area (Å²) in [5.74, 6) is -1.30. The maximum Gasteiger partial charge on any atom is 0.354 e. The summed E-state index contributed by atoms with van der Waals surface area (Å²) in [6.07, 6.45) is -2.75. The Labute approximate surface area is 91.3 Å². The van der Waals surface area contributed by atoms with Gasteiger partial charge in [0.25, 0.3) is 6.43 Å². The standard InChI is InChI=1S/C7H5F2IN2O2/c8-5(9)4-2(11)1-3(7(13)14)12-6(4)10/h1,5H,(H2,11,12)(H,13,14). The highest BCUT2D eigenvalue weighted by molar-refractivity contribution is 14.1. The molecule has 14 heavy (non-hydrogen) atoms. The summed E-state index contributed by atoms with van der Waals surface area (Å²) >= 11 is 1.53. The van der Waals surface area contributed by atoms with Gasteiger partial charge in [0, 0.05) is 5.69 Å². The second-order valence-electron chi connectivity index (χ2n) is 2.41. The number of pyridine rings is 1. The van der Waals surface area contributed by atoms with Gasteiger partial charge in [0.1, 0.15) is 3.70 Å². The van der Waals surface area contributed by atoms with Crippen molar-refractivity contribution in [3.63, 3.8) is 0 Å². The third-order valence-electron chi connectivity index (χ3n) is 1.48. The van der Waals surface area contributed by atoms with Crippen LogP contribution in [-0.4, -0.2) is 16.1 Å². The molecule has 7 heteroatoms. The molecule has 0 unspecified atom stereocenters. The zero-order valence-electron chi connectivity index (χ0n) is 6.67. The van der Waals surface area contributed by atoms with E-state index in [0.717, 1.165) is 6.07 Å². The topological polar surface area (TPSA) is 76.2 Å². The number of nitrogen functional groups attached to an aromatic ring is 1. The largest absolute Gasteiger partial charge is 0.477 e. The highest BCUT2D eigenvalue weighted by Crippen LogP contribution is 2.29. The van der Waals surface area contributed by atoms with Gasteiger partial charge in [0.05, 0.1) is 5.56 Å². The highest BCUT2D eigenvalue weighted by atomic mass is 127. The number of carboxylic acid groups (broad SMARTS) is 1. The van der Waals surface area contributed by atoms with Crippen LogP contribution >= 0.6 is 22.6 Å². The number of hydrogen-bond donors (Lipinski definition) is 2. The van der Waals surface area contributed by atoms with Gasteiger partial charge in [-0.3, -0.25) is 0 Å². The molecule has 76 valence electrons. The van der Waals surface area contributed by atoms with Crippen molar-refractivity contribution >= 4 is 34.2 Å². The molecule has 0 fully saturated rings. The van der Waals surface area contributed by atoms with Gasteiger partial charge in [-0.25, -0.2) is 18.6 Å². The van der Waals surface area contributed by atoms with Gasteiger partial charge < -0.3 is 10.8 Å². The molecule has 4 nitrogen and oxygen atoms in total. The number of anilines is 1. The van der Waals surface area contributed by atoms with E-state index in [4.69, 9.17) is 10.8 Å². The predicted molar refractivity (Wildman–Crippen MR) is 53.3 cm³/mol. The van der Waals surface area contributed by atoms with Gasteiger partial charge in [-0.1, -0.05) is 0 Å². The van der Waals surface area contributed by atoms with E-state index >= 15 is 0 Å². The molecule has 0 saturated heterocycles. The second kappa shape index (κ2) is 4.03. The second-order valence-corrected chi connectivity index (χ2v) is 3.43. The van der Waals surface area contributed by atoms with Gasteiger partial charge in [0.2, 0.25) is 0 Å². The summed E-state index contributed by atoms with van der Waals surface area (Å²) in [4.78, 5) is 14.0. The lowest BCUT2D eigenvalue weighted by Gasteiger charge is -2.07. The average molecular weight is 314 g/mol. The van der Waals surface area contributed by atoms with Crippen molar-refractivity contribution in [2.24, 2.45) is 0 Å². The van der Waals surface area contributed by atoms with Crippen LogP contribution in [0.5, 0.6) is 0 Å². The molecule has 0 bridgehead atoms. The number of halogens is 3. The number of rotatable bonds is 2. The molecule has 0 saturated carbocycles. The molecule has 0 radical (unpaired) electrons. The molecule has 0 aromatic carbocycles. The number of carboxylic acids is 1. The first kappa shape index (κ1) is 11.1. The fraction of sp³-hybridized carbons (Fsp3) is 0.143. The molecule has 0 aliphatic rings. The van der Waals surface area contributed by atoms with Crippen LogP contribution < -0.4 is 5.73 Å². The van der Waals surface area contributed by atoms with Crippen molar-refractivity contribution in [3.05, 3.63) is 21.0 Å². The van der Waals surface area contributed by atoms with E-state index in [-0.39, 0.29) is 15.1 Å². The molecular weight excluding hydrogens is 309 g/mol. The lowest BCUT2D eigenvalue weighted by atomic mass is 10.2. The number of nitrogens with zero attached hydrogens (tertiary/aromatic N) is 1. The fourth-order valence-electron chi connectivity index (χ4n) is 0.868. The molecule has 1 rings (SSSR count). The highest BCUT2D eigenvalue weighted by Gasteiger charge is 2.19. The lowest BCUT2D eigenvalue weighted by Crippen LogP contribution is -2.07. The van der Waals surface area contributed by atoms with Crippen LogP contribution in [-0.2, 0) is 0 Å². The summed E-state index contributed by atoms with van der Waals surface area (Å²) in [7, 11) is 0. The van der Waals surface area contributed by atoms with Crippen LogP contribution in [0.15, 0.2) is 6.07 Å². The van der Waals surface area contributed by atoms with Crippen LogP contribution in [0.2, 0.25) is 0 Å². The minimum absolute atomic E-state index is 0.0880. The zero-order chi connectivity index (χ0) is 10.9. The van der Waals surface area contributed by atoms with Crippen molar-refractivity contribution in [2.45, 2.75) is 6.43 Å². The lowest BCUT2D eigenvalue weighted by molar-refractivity contribution is 0.0689. The van der Waals surface area contributed by atoms with Crippen molar-refractivity contribution in [1.82, 2.24) is 4.98 Å². The van der Waals surface area contributed by atoms with E-state index in [1.54, 1.807) is 0 Å². The summed E-state index contributed by atoms with van der Waals surface area (Å²) in [6.45, 7) is 0. The van der Waals surface area contributed by atoms with Crippen molar-refractivity contribution in [2.75, 3.05) is 5.73 Å². The summed E-state index contributed by atoms with van der Waals surface area (Å²) in [5, 5.41) is 8.55. The Morgan fingerprint density at radius 1 is 1.64 bits per heavy atom. The molecule has 1 aromatic rings. The Morgan fingerprint density at radius 2 is 2.21 bits per heavy atom. The van der Waals surface area contributed by atoms with Gasteiger partial charge in [0.15, 0.2) is 5.69 Å². The van der Waals surface area contributed by atoms with Crippen LogP contribution in [0, 0.1) is 3.70 Å². The number of carbonyl (C=O) groups is 1. The quantitative estimate of drug-likeness (QED) is 0.646. The summed E-state index contributed by atoms with van der Waals surface area (Å²) in [6, 6.07) is 0.923. The average Bonchev–Trinajstić information content (AvgIpc) is 2.01. The van der Waals surface area contributed by atoms with Gasteiger partial charge in [-0.2, -0.15) is 0 Å². The van der Waals surface area contributed by atoms with Gasteiger partial charge in [-0.05, 0) is 28.7 Å². The van der Waals surface area contributed by atoms with E-state index in [1.165, 1.54) is 22.6 Å². The third kappa shape index (κ3) is 2.08. The molecule has 0 spiro atoms. The Hall–Kier alpha value is -0.990. The first-order valence-electron chi connectivity index (χ1n) is 3.41. The monoisotopic (exact) mass is 314 g/mol. The fourth-order valence-corrected chi connectivity index (χ4v) is 1.67. The third-order valence-corrected chi connectivity index (χ3v) is 2.30. The van der Waals surface area contributed by atoms with Crippen molar-refractivity contribution in [3.8, 4) is 0 Å². The van der Waals surface area contributed by atoms with E-state index in [2.05, 4.69) is 4.98 Å². The maximum absolute atomic E-state index is 12.3. The van der Waals surface area contributed by atoms with Gasteiger partial charge in [-0.15, -0.1) is 0 Å². The van der Waals surface area contributed by atoms with E-state index in [0.29, 0.717) is 0 Å². The van der Waals surface area contributed by atoms with Crippen LogP contribution in [0.3, 0.4) is 0 Å². The first-order chi connectivity index (χ1) is 6.43. The molecule has 0 aliphatic heterocycles. The molecule has 3 N–H and O–H groups in total. The van der Waals surface area contributed by atoms with E-state index in [1.807, 2.05) is 0 Å². The Morgan fingerprint density at radius 3 is 2.57 bits per heavy atom. The van der Waals surface area contributed by atoms with Crippen molar-refractivity contribution < 1.29 is 18.7 Å². The normalized spacial score (nSPS) is 10.6. The maximum atomic E-state index is 12.3. The summed E-state index contributed by atoms with van der Waals surface area (Å²) < 4.78 is 24.6. The molecule has 1 aromatic heterocycles. The Balaban J connectivity index is 3.32. The van der Waals surface area contributed by atoms with Crippen LogP contribution in [0.4, 0.5) is 14.5 Å². The molecule has 1 heterocycles. The number of hydrogen-bond acceptors (Lipinski definition) is 3. The molecule has 0 amide bonds. The molecular formula is C7H5F2IN2O2. The SMILES string of the molecule is Nc1cc(C(=O)O)nc(I)c1C(F)F. The van der Waals surface area contributed by atoms with Gasteiger partial charge >= 0.3 is 5.97 Å². The van der Waals surface area contributed by atoms with Crippen LogP contribution in [0.1, 0.15) is 22.5 Å². The van der Waals surface area contributed by atoms with E-state index in [9.17, 15) is 13.6 Å². The van der Waals surface area contributed by atoms with E-state index < -0.39 is 18.0 Å². The zero-order valence-corrected chi connectivity index (χ0v) is 8.83. The predicted octanol–water partition coefficient (Wildman–Crippen LogP) is 1.90. The number of nitrogens with two attached hydrogens (primary N) is 1.